The van der Waals surface area contributed by atoms with Crippen LogP contribution in [0.5, 0.6) is 17.2 Å². The molecule has 1 unspecified atom stereocenters. The number of aromatic nitrogens is 3. The predicted octanol–water partition coefficient (Wildman–Crippen LogP) is 7.25. The molecule has 3 N–H and O–H groups in total. The van der Waals surface area contributed by atoms with Gasteiger partial charge in [-0.15, -0.1) is 0 Å². The molecule has 11 heteroatoms. The van der Waals surface area contributed by atoms with Crippen LogP contribution in [0, 0.1) is 25.2 Å². The van der Waals surface area contributed by atoms with E-state index in [1.165, 1.54) is 17.5 Å². The van der Waals surface area contributed by atoms with Crippen LogP contribution >= 0.6 is 11.6 Å². The Bertz CT molecular complexity index is 2110. The van der Waals surface area contributed by atoms with Crippen LogP contribution in [0.15, 0.2) is 73.2 Å². The number of nitriles is 1. The molecule has 2 aromatic heterocycles. The largest absolute Gasteiger partial charge is 0.493 e. The van der Waals surface area contributed by atoms with Gasteiger partial charge in [-0.2, -0.15) is 10.4 Å². The van der Waals surface area contributed by atoms with Crippen molar-refractivity contribution in [3.63, 3.8) is 0 Å². The van der Waals surface area contributed by atoms with Gasteiger partial charge in [-0.1, -0.05) is 41.9 Å². The van der Waals surface area contributed by atoms with Gasteiger partial charge in [-0.3, -0.25) is 10.1 Å². The fourth-order valence-electron chi connectivity index (χ4n) is 7.43. The Morgan fingerprint density at radius 1 is 0.944 bits per heavy atom. The molecule has 3 heterocycles. The third kappa shape index (κ3) is 9.05. The van der Waals surface area contributed by atoms with Crippen LogP contribution in [-0.4, -0.2) is 63.6 Å². The number of halogens is 1. The van der Waals surface area contributed by atoms with Crippen molar-refractivity contribution < 1.29 is 19.3 Å². The number of H-pyrrole nitrogens is 1. The molecule has 0 amide bonds. The van der Waals surface area contributed by atoms with E-state index in [-0.39, 0.29) is 12.7 Å². The molecular formula is C43H47ClN6O4. The molecule has 2 atom stereocenters. The first-order chi connectivity index (χ1) is 26.3. The Morgan fingerprint density at radius 2 is 1.78 bits per heavy atom. The van der Waals surface area contributed by atoms with E-state index < -0.39 is 0 Å². The minimum absolute atomic E-state index is 0.200. The van der Waals surface area contributed by atoms with E-state index in [0.29, 0.717) is 47.9 Å². The molecule has 3 aromatic carbocycles. The molecule has 2 aliphatic rings. The molecule has 0 radical (unpaired) electrons. The maximum absolute atomic E-state index is 9.81. The normalized spacial score (nSPS) is 16.9. The van der Waals surface area contributed by atoms with Crippen molar-refractivity contribution in [1.82, 2.24) is 25.4 Å². The summed E-state index contributed by atoms with van der Waals surface area (Å²) in [4.78, 5) is 6.49. The highest BCUT2D eigenvalue weighted by molar-refractivity contribution is 6.32. The molecule has 54 heavy (non-hydrogen) atoms. The lowest BCUT2D eigenvalue weighted by molar-refractivity contribution is 0.173. The van der Waals surface area contributed by atoms with Crippen molar-refractivity contribution in [3.8, 4) is 34.4 Å². The van der Waals surface area contributed by atoms with Gasteiger partial charge >= 0.3 is 0 Å². The van der Waals surface area contributed by atoms with E-state index in [0.717, 1.165) is 96.4 Å². The molecule has 0 saturated carbocycles. The number of hydrogen-bond donors (Lipinski definition) is 3. The summed E-state index contributed by atoms with van der Waals surface area (Å²) in [6.45, 7) is 8.61. The van der Waals surface area contributed by atoms with Gasteiger partial charge in [0.2, 0.25) is 0 Å². The number of β-amino-alcohol motifs (C(OH)–C–C–N with tert-alkyl or cyclic N) is 1. The zero-order chi connectivity index (χ0) is 37.4. The fourth-order valence-corrected chi connectivity index (χ4v) is 7.67. The Balaban J connectivity index is 1.05. The summed E-state index contributed by atoms with van der Waals surface area (Å²) in [5, 5.41) is 30.7. The molecular weight excluding hydrogens is 700 g/mol. The first-order valence-electron chi connectivity index (χ1n) is 18.7. The number of pyridine rings is 1. The van der Waals surface area contributed by atoms with E-state index in [1.807, 2.05) is 30.5 Å². The molecule has 1 aliphatic heterocycles. The van der Waals surface area contributed by atoms with Crippen LogP contribution < -0.4 is 19.5 Å². The number of aryl methyl sites for hydroxylation is 1. The van der Waals surface area contributed by atoms with Gasteiger partial charge in [0, 0.05) is 67.5 Å². The van der Waals surface area contributed by atoms with Crippen LogP contribution in [0.3, 0.4) is 0 Å². The summed E-state index contributed by atoms with van der Waals surface area (Å²) in [6.07, 6.45) is 9.60. The lowest BCUT2D eigenvalue weighted by atomic mass is 9.93. The maximum atomic E-state index is 9.81. The molecule has 1 aliphatic carbocycles. The quantitative estimate of drug-likeness (QED) is 0.0949. The van der Waals surface area contributed by atoms with Crippen molar-refractivity contribution in [2.45, 2.75) is 77.9 Å². The van der Waals surface area contributed by atoms with E-state index in [1.54, 1.807) is 12.3 Å². The SMILES string of the molecule is Cc1c(COc2cc(OCc3cncc(C#N)c3)c(CNC3CCc4[nH]ncc4C3)cc2Cl)cccc1-c1cccc(OCCCN2CC[C@@H](O)C2)c1C. The Kier molecular flexibility index (Phi) is 12.1. The lowest BCUT2D eigenvalue weighted by Gasteiger charge is -2.24. The molecule has 1 fully saturated rings. The maximum Gasteiger partial charge on any atom is 0.142 e. The van der Waals surface area contributed by atoms with Gasteiger partial charge in [-0.05, 0) is 97.5 Å². The van der Waals surface area contributed by atoms with Crippen molar-refractivity contribution in [2.75, 3.05) is 26.2 Å². The van der Waals surface area contributed by atoms with Crippen molar-refractivity contribution >= 4 is 11.6 Å². The molecule has 1 saturated heterocycles. The van der Waals surface area contributed by atoms with Gasteiger partial charge in [0.15, 0.2) is 0 Å². The van der Waals surface area contributed by atoms with Crippen LogP contribution in [0.25, 0.3) is 11.1 Å². The van der Waals surface area contributed by atoms with Crippen LogP contribution in [0.1, 0.15) is 63.9 Å². The van der Waals surface area contributed by atoms with Crippen LogP contribution in [-0.2, 0) is 32.6 Å². The van der Waals surface area contributed by atoms with E-state index >= 15 is 0 Å². The number of hydrogen-bond acceptors (Lipinski definition) is 9. The highest BCUT2D eigenvalue weighted by Gasteiger charge is 2.22. The highest BCUT2D eigenvalue weighted by Crippen LogP contribution is 2.36. The number of nitrogens with one attached hydrogen (secondary N) is 2. The molecule has 0 bridgehead atoms. The van der Waals surface area contributed by atoms with E-state index in [9.17, 15) is 10.4 Å². The van der Waals surface area contributed by atoms with Crippen LogP contribution in [0.2, 0.25) is 5.02 Å². The summed E-state index contributed by atoms with van der Waals surface area (Å²) in [7, 11) is 0. The summed E-state index contributed by atoms with van der Waals surface area (Å²) < 4.78 is 19.1. The first kappa shape index (κ1) is 37.4. The lowest BCUT2D eigenvalue weighted by Crippen LogP contribution is -2.34. The highest BCUT2D eigenvalue weighted by atomic mass is 35.5. The molecule has 5 aromatic rings. The number of nitrogens with zero attached hydrogens (tertiary/aromatic N) is 4. The number of fused-ring (bicyclic) bond motifs is 1. The average Bonchev–Trinajstić information content (AvgIpc) is 3.84. The number of benzene rings is 3. The van der Waals surface area contributed by atoms with Crippen LogP contribution in [0.4, 0.5) is 0 Å². The first-order valence-corrected chi connectivity index (χ1v) is 19.1. The summed E-state index contributed by atoms with van der Waals surface area (Å²) >= 11 is 6.90. The van der Waals surface area contributed by atoms with Gasteiger partial charge in [-0.25, -0.2) is 0 Å². The van der Waals surface area contributed by atoms with Crippen molar-refractivity contribution in [1.29, 1.82) is 5.26 Å². The minimum Gasteiger partial charge on any atom is -0.493 e. The standard InChI is InChI=1S/C43H47ClN6O4/c1-28-32(6-3-7-37(28)38-8-4-9-41(29(38)2)52-15-5-13-50-14-12-36(51)25-50)27-54-43-19-42(53-26-31-16-30(20-45)21-46-22-31)34(18-39(43)44)23-47-35-10-11-40-33(17-35)24-48-49-40/h3-4,6-9,16,18-19,21-22,24,35-36,47,51H,5,10-15,17,23,25-27H2,1-2H3,(H,48,49)/t35?,36-/m1/s1. The third-order valence-corrected chi connectivity index (χ3v) is 10.9. The summed E-state index contributed by atoms with van der Waals surface area (Å²) in [6, 6.07) is 20.5. The monoisotopic (exact) mass is 746 g/mol. The molecule has 0 spiro atoms. The van der Waals surface area contributed by atoms with E-state index in [4.69, 9.17) is 25.8 Å². The number of aromatic amines is 1. The summed E-state index contributed by atoms with van der Waals surface area (Å²) in [5.74, 6) is 2.06. The smallest absolute Gasteiger partial charge is 0.142 e. The second-order valence-electron chi connectivity index (χ2n) is 14.3. The minimum atomic E-state index is -0.200. The van der Waals surface area contributed by atoms with Crippen molar-refractivity contribution in [2.24, 2.45) is 0 Å². The second-order valence-corrected chi connectivity index (χ2v) is 14.7. The predicted molar refractivity (Wildman–Crippen MR) is 209 cm³/mol. The van der Waals surface area contributed by atoms with Gasteiger partial charge < -0.3 is 29.5 Å². The van der Waals surface area contributed by atoms with Gasteiger partial charge in [0.05, 0.1) is 29.5 Å². The molecule has 7 rings (SSSR count). The number of likely N-dealkylation sites (tertiary alicyclic amines) is 1. The fraction of sp³-hybridized carbons (Fsp3) is 0.372. The second kappa shape index (κ2) is 17.5. The van der Waals surface area contributed by atoms with Gasteiger partial charge in [0.25, 0.3) is 0 Å². The number of aliphatic hydroxyl groups excluding tert-OH is 1. The average molecular weight is 747 g/mol. The molecule has 280 valence electrons. The Labute approximate surface area is 322 Å². The number of rotatable bonds is 15. The number of aliphatic hydroxyl groups is 1. The topological polar surface area (TPSA) is 129 Å². The van der Waals surface area contributed by atoms with E-state index in [2.05, 4.69) is 69.6 Å². The van der Waals surface area contributed by atoms with Gasteiger partial charge in [0.1, 0.15) is 36.5 Å². The summed E-state index contributed by atoms with van der Waals surface area (Å²) in [5.41, 5.74) is 10.2. The Hall–Kier alpha value is -4.92. The van der Waals surface area contributed by atoms with Crippen molar-refractivity contribution in [3.05, 3.63) is 123 Å². The Morgan fingerprint density at radius 3 is 2.61 bits per heavy atom. The third-order valence-electron chi connectivity index (χ3n) is 10.6. The number of ether oxygens (including phenoxy) is 3. The zero-order valence-electron chi connectivity index (χ0n) is 30.9. The molecule has 10 nitrogen and oxygen atoms in total. The zero-order valence-corrected chi connectivity index (χ0v) is 31.7.